The van der Waals surface area contributed by atoms with Gasteiger partial charge in [0.25, 0.3) is 0 Å². The van der Waals surface area contributed by atoms with Crippen molar-refractivity contribution < 1.29 is 0 Å². The van der Waals surface area contributed by atoms with E-state index in [4.69, 9.17) is 0 Å². The standard InChI is InChI=1S/C12H19N/c1-10(2)7-8-11-5-4-6-12(9-11)13-3/h4-6,9-10,13H,7-8H2,1-3H3. The Morgan fingerprint density at radius 2 is 2.08 bits per heavy atom. The van der Waals surface area contributed by atoms with Crippen molar-refractivity contribution in [1.82, 2.24) is 0 Å². The average molecular weight is 177 g/mol. The van der Waals surface area contributed by atoms with Crippen LogP contribution in [0.4, 0.5) is 5.69 Å². The normalized spacial score (nSPS) is 10.5. The third kappa shape index (κ3) is 3.49. The van der Waals surface area contributed by atoms with Crippen LogP contribution in [0.1, 0.15) is 25.8 Å². The highest BCUT2D eigenvalue weighted by Gasteiger charge is 1.97. The number of hydrogen-bond donors (Lipinski definition) is 1. The van der Waals surface area contributed by atoms with E-state index in [0.717, 1.165) is 5.92 Å². The predicted molar refractivity (Wildman–Crippen MR) is 59.1 cm³/mol. The molecule has 1 N–H and O–H groups in total. The van der Waals surface area contributed by atoms with Crippen molar-refractivity contribution >= 4 is 5.69 Å². The van der Waals surface area contributed by atoms with E-state index in [1.807, 2.05) is 7.05 Å². The maximum absolute atomic E-state index is 3.15. The summed E-state index contributed by atoms with van der Waals surface area (Å²) >= 11 is 0. The van der Waals surface area contributed by atoms with E-state index in [1.165, 1.54) is 24.1 Å². The lowest BCUT2D eigenvalue weighted by Crippen LogP contribution is -1.94. The van der Waals surface area contributed by atoms with Gasteiger partial charge in [0.15, 0.2) is 0 Å². The lowest BCUT2D eigenvalue weighted by molar-refractivity contribution is 0.587. The number of rotatable bonds is 4. The van der Waals surface area contributed by atoms with Gasteiger partial charge >= 0.3 is 0 Å². The molecule has 0 saturated carbocycles. The molecule has 0 atom stereocenters. The number of nitrogens with one attached hydrogen (secondary N) is 1. The minimum absolute atomic E-state index is 0.790. The van der Waals surface area contributed by atoms with E-state index < -0.39 is 0 Å². The van der Waals surface area contributed by atoms with Crippen molar-refractivity contribution in [3.63, 3.8) is 0 Å². The van der Waals surface area contributed by atoms with E-state index in [9.17, 15) is 0 Å². The Bertz CT molecular complexity index is 253. The van der Waals surface area contributed by atoms with Crippen LogP contribution < -0.4 is 5.32 Å². The van der Waals surface area contributed by atoms with Gasteiger partial charge in [-0.3, -0.25) is 0 Å². The minimum Gasteiger partial charge on any atom is -0.388 e. The molecule has 1 nitrogen and oxygen atoms in total. The first kappa shape index (κ1) is 10.1. The maximum atomic E-state index is 3.15. The Balaban J connectivity index is 2.56. The average Bonchev–Trinajstić information content (AvgIpc) is 2.15. The van der Waals surface area contributed by atoms with Crippen molar-refractivity contribution in [1.29, 1.82) is 0 Å². The Kier molecular flexibility index (Phi) is 3.81. The molecule has 0 aliphatic rings. The molecule has 0 spiro atoms. The molecule has 0 aliphatic carbocycles. The van der Waals surface area contributed by atoms with Gasteiger partial charge in [-0.05, 0) is 36.5 Å². The van der Waals surface area contributed by atoms with Crippen molar-refractivity contribution in [2.45, 2.75) is 26.7 Å². The lowest BCUT2D eigenvalue weighted by Gasteiger charge is -2.06. The van der Waals surface area contributed by atoms with Gasteiger partial charge in [0, 0.05) is 12.7 Å². The Morgan fingerprint density at radius 1 is 1.31 bits per heavy atom. The monoisotopic (exact) mass is 177 g/mol. The molecular weight excluding hydrogens is 158 g/mol. The number of hydrogen-bond acceptors (Lipinski definition) is 1. The van der Waals surface area contributed by atoms with Crippen LogP contribution in [-0.2, 0) is 6.42 Å². The summed E-state index contributed by atoms with van der Waals surface area (Å²) < 4.78 is 0. The molecule has 1 heteroatoms. The summed E-state index contributed by atoms with van der Waals surface area (Å²) in [6.45, 7) is 4.53. The summed E-state index contributed by atoms with van der Waals surface area (Å²) in [5.74, 6) is 0.790. The van der Waals surface area contributed by atoms with Gasteiger partial charge in [-0.2, -0.15) is 0 Å². The van der Waals surface area contributed by atoms with Gasteiger partial charge in [-0.15, -0.1) is 0 Å². The first-order valence-corrected chi connectivity index (χ1v) is 4.99. The molecule has 1 aromatic rings. The molecular formula is C12H19N. The maximum Gasteiger partial charge on any atom is 0.0340 e. The van der Waals surface area contributed by atoms with Gasteiger partial charge < -0.3 is 5.32 Å². The van der Waals surface area contributed by atoms with Gasteiger partial charge in [-0.25, -0.2) is 0 Å². The second kappa shape index (κ2) is 4.90. The topological polar surface area (TPSA) is 12.0 Å². The molecule has 0 fully saturated rings. The zero-order valence-electron chi connectivity index (χ0n) is 8.80. The molecule has 72 valence electrons. The van der Waals surface area contributed by atoms with E-state index in [0.29, 0.717) is 0 Å². The molecule has 0 saturated heterocycles. The summed E-state index contributed by atoms with van der Waals surface area (Å²) in [6, 6.07) is 8.63. The zero-order valence-corrected chi connectivity index (χ0v) is 8.80. The Hall–Kier alpha value is -0.980. The molecule has 0 aliphatic heterocycles. The van der Waals surface area contributed by atoms with Crippen LogP contribution in [0.5, 0.6) is 0 Å². The third-order valence-electron chi connectivity index (χ3n) is 2.23. The van der Waals surface area contributed by atoms with Crippen LogP contribution in [-0.4, -0.2) is 7.05 Å². The summed E-state index contributed by atoms with van der Waals surface area (Å²) in [5.41, 5.74) is 2.64. The third-order valence-corrected chi connectivity index (χ3v) is 2.23. The fourth-order valence-corrected chi connectivity index (χ4v) is 1.34. The summed E-state index contributed by atoms with van der Waals surface area (Å²) in [7, 11) is 1.96. The van der Waals surface area contributed by atoms with E-state index in [-0.39, 0.29) is 0 Å². The predicted octanol–water partition coefficient (Wildman–Crippen LogP) is 3.32. The summed E-state index contributed by atoms with van der Waals surface area (Å²) in [4.78, 5) is 0. The SMILES string of the molecule is CNc1cccc(CCC(C)C)c1. The van der Waals surface area contributed by atoms with Crippen molar-refractivity contribution in [2.24, 2.45) is 5.92 Å². The van der Waals surface area contributed by atoms with Crippen LogP contribution >= 0.6 is 0 Å². The largest absolute Gasteiger partial charge is 0.388 e. The highest BCUT2D eigenvalue weighted by Crippen LogP contribution is 2.13. The number of aryl methyl sites for hydroxylation is 1. The molecule has 1 rings (SSSR count). The molecule has 0 amide bonds. The Labute approximate surface area is 81.2 Å². The van der Waals surface area contributed by atoms with Crippen molar-refractivity contribution in [2.75, 3.05) is 12.4 Å². The quantitative estimate of drug-likeness (QED) is 0.744. The molecule has 13 heavy (non-hydrogen) atoms. The first-order chi connectivity index (χ1) is 6.22. The van der Waals surface area contributed by atoms with Gasteiger partial charge in [0.05, 0.1) is 0 Å². The molecule has 0 bridgehead atoms. The van der Waals surface area contributed by atoms with E-state index in [1.54, 1.807) is 0 Å². The highest BCUT2D eigenvalue weighted by atomic mass is 14.8. The Morgan fingerprint density at radius 3 is 2.69 bits per heavy atom. The fraction of sp³-hybridized carbons (Fsp3) is 0.500. The second-order valence-corrected chi connectivity index (χ2v) is 3.88. The van der Waals surface area contributed by atoms with Crippen LogP contribution in [0.2, 0.25) is 0 Å². The van der Waals surface area contributed by atoms with Crippen molar-refractivity contribution in [3.8, 4) is 0 Å². The zero-order chi connectivity index (χ0) is 9.68. The van der Waals surface area contributed by atoms with Crippen LogP contribution in [0.25, 0.3) is 0 Å². The van der Waals surface area contributed by atoms with Gasteiger partial charge in [-0.1, -0.05) is 26.0 Å². The second-order valence-electron chi connectivity index (χ2n) is 3.88. The first-order valence-electron chi connectivity index (χ1n) is 4.99. The molecule has 1 aromatic carbocycles. The van der Waals surface area contributed by atoms with Gasteiger partial charge in [0.1, 0.15) is 0 Å². The smallest absolute Gasteiger partial charge is 0.0340 e. The minimum atomic E-state index is 0.790. The molecule has 0 unspecified atom stereocenters. The molecule has 0 heterocycles. The highest BCUT2D eigenvalue weighted by molar-refractivity contribution is 5.44. The van der Waals surface area contributed by atoms with E-state index >= 15 is 0 Å². The van der Waals surface area contributed by atoms with Crippen molar-refractivity contribution in [3.05, 3.63) is 29.8 Å². The van der Waals surface area contributed by atoms with Gasteiger partial charge in [0.2, 0.25) is 0 Å². The molecule has 0 radical (unpaired) electrons. The summed E-state index contributed by atoms with van der Waals surface area (Å²) in [6.07, 6.45) is 2.46. The number of anilines is 1. The fourth-order valence-electron chi connectivity index (χ4n) is 1.34. The van der Waals surface area contributed by atoms with Crippen LogP contribution in [0, 0.1) is 5.92 Å². The summed E-state index contributed by atoms with van der Waals surface area (Å²) in [5, 5.41) is 3.15. The number of benzene rings is 1. The van der Waals surface area contributed by atoms with Crippen LogP contribution in [0.3, 0.4) is 0 Å². The van der Waals surface area contributed by atoms with Crippen LogP contribution in [0.15, 0.2) is 24.3 Å². The molecule has 0 aromatic heterocycles. The lowest BCUT2D eigenvalue weighted by atomic mass is 10.0. The van der Waals surface area contributed by atoms with E-state index in [2.05, 4.69) is 43.4 Å².